The minimum Gasteiger partial charge on any atom is -0.377 e. The molecule has 0 aromatic heterocycles. The summed E-state index contributed by atoms with van der Waals surface area (Å²) in [7, 11) is 1.82. The molecule has 0 bridgehead atoms. The number of nitrogens with two attached hydrogens (primary N) is 1. The number of piperidine rings is 1. The Morgan fingerprint density at radius 1 is 1.42 bits per heavy atom. The standard InChI is InChI=1S/C16H26N2O/c1-13-11-15(6-5-14(13)7-9-17)18-10-4-8-16(2,12-18)19-3/h5-6,11H,4,7-10,12,17H2,1-3H3. The summed E-state index contributed by atoms with van der Waals surface area (Å²) in [6.07, 6.45) is 3.29. The van der Waals surface area contributed by atoms with E-state index in [9.17, 15) is 0 Å². The molecule has 1 saturated heterocycles. The Morgan fingerprint density at radius 2 is 2.21 bits per heavy atom. The van der Waals surface area contributed by atoms with Crippen LogP contribution in [-0.4, -0.2) is 32.3 Å². The maximum absolute atomic E-state index is 5.66. The highest BCUT2D eigenvalue weighted by atomic mass is 16.5. The fraction of sp³-hybridized carbons (Fsp3) is 0.625. The van der Waals surface area contributed by atoms with Crippen LogP contribution in [0.1, 0.15) is 30.9 Å². The molecule has 1 aliphatic heterocycles. The van der Waals surface area contributed by atoms with Crippen molar-refractivity contribution in [2.45, 2.75) is 38.7 Å². The van der Waals surface area contributed by atoms with Crippen LogP contribution in [-0.2, 0) is 11.2 Å². The highest BCUT2D eigenvalue weighted by Crippen LogP contribution is 2.29. The third-order valence-electron chi connectivity index (χ3n) is 4.26. The number of aryl methyl sites for hydroxylation is 1. The Hall–Kier alpha value is -1.06. The van der Waals surface area contributed by atoms with Crippen LogP contribution in [0, 0.1) is 6.92 Å². The van der Waals surface area contributed by atoms with E-state index in [0.29, 0.717) is 6.54 Å². The summed E-state index contributed by atoms with van der Waals surface area (Å²) in [5.41, 5.74) is 9.63. The number of rotatable bonds is 4. The van der Waals surface area contributed by atoms with Crippen LogP contribution >= 0.6 is 0 Å². The van der Waals surface area contributed by atoms with Crippen LogP contribution in [0.2, 0.25) is 0 Å². The Labute approximate surface area is 116 Å². The molecule has 2 rings (SSSR count). The number of nitrogens with zero attached hydrogens (tertiary/aromatic N) is 1. The largest absolute Gasteiger partial charge is 0.377 e. The molecule has 1 fully saturated rings. The van der Waals surface area contributed by atoms with Crippen LogP contribution in [0.15, 0.2) is 18.2 Å². The summed E-state index contributed by atoms with van der Waals surface area (Å²) in [4.78, 5) is 2.44. The zero-order valence-electron chi connectivity index (χ0n) is 12.4. The van der Waals surface area contributed by atoms with Gasteiger partial charge in [-0.2, -0.15) is 0 Å². The molecule has 1 unspecified atom stereocenters. The lowest BCUT2D eigenvalue weighted by atomic mass is 9.94. The van der Waals surface area contributed by atoms with Gasteiger partial charge in [-0.3, -0.25) is 0 Å². The molecule has 3 heteroatoms. The summed E-state index contributed by atoms with van der Waals surface area (Å²) < 4.78 is 5.66. The predicted octanol–water partition coefficient (Wildman–Crippen LogP) is 2.50. The molecule has 106 valence electrons. The Morgan fingerprint density at radius 3 is 2.84 bits per heavy atom. The second-order valence-electron chi connectivity index (χ2n) is 5.83. The zero-order valence-corrected chi connectivity index (χ0v) is 12.4. The van der Waals surface area contributed by atoms with Gasteiger partial charge in [-0.05, 0) is 62.9 Å². The van der Waals surface area contributed by atoms with Gasteiger partial charge in [-0.25, -0.2) is 0 Å². The van der Waals surface area contributed by atoms with E-state index in [0.717, 1.165) is 25.9 Å². The van der Waals surface area contributed by atoms with Gasteiger partial charge >= 0.3 is 0 Å². The van der Waals surface area contributed by atoms with Crippen molar-refractivity contribution in [2.75, 3.05) is 31.6 Å². The van der Waals surface area contributed by atoms with E-state index in [1.54, 1.807) is 0 Å². The van der Waals surface area contributed by atoms with Crippen molar-refractivity contribution in [3.8, 4) is 0 Å². The van der Waals surface area contributed by atoms with Crippen molar-refractivity contribution in [3.05, 3.63) is 29.3 Å². The first-order valence-electron chi connectivity index (χ1n) is 7.18. The number of hydrogen-bond acceptors (Lipinski definition) is 3. The summed E-state index contributed by atoms with van der Waals surface area (Å²) in [5.74, 6) is 0. The van der Waals surface area contributed by atoms with Gasteiger partial charge in [0.2, 0.25) is 0 Å². The van der Waals surface area contributed by atoms with Crippen molar-refractivity contribution in [2.24, 2.45) is 5.73 Å². The SMILES string of the molecule is COC1(C)CCCN(c2ccc(CCN)c(C)c2)C1. The van der Waals surface area contributed by atoms with Gasteiger partial charge in [0, 0.05) is 25.9 Å². The van der Waals surface area contributed by atoms with Gasteiger partial charge in [0.1, 0.15) is 0 Å². The number of benzene rings is 1. The molecule has 0 saturated carbocycles. The maximum Gasteiger partial charge on any atom is 0.0825 e. The van der Waals surface area contributed by atoms with E-state index in [4.69, 9.17) is 10.5 Å². The second kappa shape index (κ2) is 5.93. The molecule has 2 N–H and O–H groups in total. The monoisotopic (exact) mass is 262 g/mol. The minimum atomic E-state index is -0.0118. The lowest BCUT2D eigenvalue weighted by Gasteiger charge is -2.40. The first kappa shape index (κ1) is 14.4. The summed E-state index contributed by atoms with van der Waals surface area (Å²) in [5, 5.41) is 0. The smallest absolute Gasteiger partial charge is 0.0825 e. The van der Waals surface area contributed by atoms with Crippen molar-refractivity contribution in [1.29, 1.82) is 0 Å². The molecule has 1 aliphatic rings. The van der Waals surface area contributed by atoms with Crippen molar-refractivity contribution < 1.29 is 4.74 Å². The zero-order chi connectivity index (χ0) is 13.9. The molecule has 3 nitrogen and oxygen atoms in total. The van der Waals surface area contributed by atoms with Crippen molar-refractivity contribution in [1.82, 2.24) is 0 Å². The molecule has 1 heterocycles. The molecule has 1 atom stereocenters. The normalized spacial score (nSPS) is 23.7. The molecule has 0 spiro atoms. The number of ether oxygens (including phenoxy) is 1. The molecular formula is C16H26N2O. The third-order valence-corrected chi connectivity index (χ3v) is 4.26. The van der Waals surface area contributed by atoms with Gasteiger partial charge in [0.25, 0.3) is 0 Å². The molecule has 0 aliphatic carbocycles. The fourth-order valence-corrected chi connectivity index (χ4v) is 2.91. The lowest BCUT2D eigenvalue weighted by molar-refractivity contribution is -0.00465. The van der Waals surface area contributed by atoms with Crippen molar-refractivity contribution >= 4 is 5.69 Å². The summed E-state index contributed by atoms with van der Waals surface area (Å²) >= 11 is 0. The van der Waals surface area contributed by atoms with Crippen LogP contribution in [0.4, 0.5) is 5.69 Å². The van der Waals surface area contributed by atoms with Gasteiger partial charge in [-0.1, -0.05) is 6.07 Å². The van der Waals surface area contributed by atoms with Crippen LogP contribution in [0.25, 0.3) is 0 Å². The average Bonchev–Trinajstić information content (AvgIpc) is 2.41. The van der Waals surface area contributed by atoms with E-state index in [1.165, 1.54) is 23.2 Å². The lowest BCUT2D eigenvalue weighted by Crippen LogP contribution is -2.47. The van der Waals surface area contributed by atoms with E-state index in [1.807, 2.05) is 7.11 Å². The summed E-state index contributed by atoms with van der Waals surface area (Å²) in [6.45, 7) is 7.18. The van der Waals surface area contributed by atoms with Gasteiger partial charge < -0.3 is 15.4 Å². The molecule has 0 radical (unpaired) electrons. The minimum absolute atomic E-state index is 0.0118. The van der Waals surface area contributed by atoms with Crippen LogP contribution in [0.3, 0.4) is 0 Å². The third kappa shape index (κ3) is 3.28. The molecule has 0 amide bonds. The maximum atomic E-state index is 5.66. The highest BCUT2D eigenvalue weighted by molar-refractivity contribution is 5.51. The van der Waals surface area contributed by atoms with Crippen LogP contribution < -0.4 is 10.6 Å². The van der Waals surface area contributed by atoms with Gasteiger partial charge in [0.15, 0.2) is 0 Å². The Kier molecular flexibility index (Phi) is 4.48. The average molecular weight is 262 g/mol. The van der Waals surface area contributed by atoms with E-state index < -0.39 is 0 Å². The van der Waals surface area contributed by atoms with Crippen molar-refractivity contribution in [3.63, 3.8) is 0 Å². The topological polar surface area (TPSA) is 38.5 Å². The predicted molar refractivity (Wildman–Crippen MR) is 80.8 cm³/mol. The first-order chi connectivity index (χ1) is 9.08. The molecule has 1 aromatic rings. The van der Waals surface area contributed by atoms with Gasteiger partial charge in [-0.15, -0.1) is 0 Å². The fourth-order valence-electron chi connectivity index (χ4n) is 2.91. The summed E-state index contributed by atoms with van der Waals surface area (Å²) in [6, 6.07) is 6.72. The Balaban J connectivity index is 2.15. The molecular weight excluding hydrogens is 236 g/mol. The van der Waals surface area contributed by atoms with Gasteiger partial charge in [0.05, 0.1) is 5.60 Å². The molecule has 19 heavy (non-hydrogen) atoms. The quantitative estimate of drug-likeness (QED) is 0.906. The van der Waals surface area contributed by atoms with E-state index in [-0.39, 0.29) is 5.60 Å². The van der Waals surface area contributed by atoms with E-state index in [2.05, 4.69) is 36.9 Å². The first-order valence-corrected chi connectivity index (χ1v) is 7.18. The Bertz CT molecular complexity index is 433. The molecule has 1 aromatic carbocycles. The number of anilines is 1. The highest BCUT2D eigenvalue weighted by Gasteiger charge is 2.30. The second-order valence-corrected chi connectivity index (χ2v) is 5.83. The number of hydrogen-bond donors (Lipinski definition) is 1. The van der Waals surface area contributed by atoms with Crippen LogP contribution in [0.5, 0.6) is 0 Å². The van der Waals surface area contributed by atoms with E-state index >= 15 is 0 Å². The number of methoxy groups -OCH3 is 1.